The summed E-state index contributed by atoms with van der Waals surface area (Å²) in [7, 11) is -1.06. The van der Waals surface area contributed by atoms with Gasteiger partial charge in [-0.1, -0.05) is 28.9 Å². The van der Waals surface area contributed by atoms with Crippen LogP contribution in [0.15, 0.2) is 45.0 Å². The second-order valence-electron chi connectivity index (χ2n) is 4.25. The van der Waals surface area contributed by atoms with Gasteiger partial charge in [-0.15, -0.1) is 0 Å². The fraction of sp³-hybridized carbons (Fsp3) is 0. The lowest BCUT2D eigenvalue weighted by molar-refractivity contribution is -0.136. The highest BCUT2D eigenvalue weighted by molar-refractivity contribution is 8.10. The van der Waals surface area contributed by atoms with Crippen LogP contribution >= 0.6 is 10.7 Å². The van der Waals surface area contributed by atoms with E-state index in [0.29, 0.717) is 20.9 Å². The van der Waals surface area contributed by atoms with E-state index in [1.54, 1.807) is 41.8 Å². The molecule has 3 rings (SSSR count). The molecular weight excluding hydrogens is 292 g/mol. The molecule has 3 N–H and O–H groups in total. The number of hydrogen-bond acceptors (Lipinski definition) is 4. The molecule has 0 radical (unpaired) electrons. The molecule has 2 heterocycles. The molecule has 1 aliphatic rings. The summed E-state index contributed by atoms with van der Waals surface area (Å²) in [6.07, 6.45) is 3.30. The van der Waals surface area contributed by atoms with E-state index in [4.69, 9.17) is 10.2 Å². The molecule has 1 aliphatic heterocycles. The van der Waals surface area contributed by atoms with Crippen molar-refractivity contribution in [3.05, 3.63) is 55.9 Å². The molecule has 0 fully saturated rings. The van der Waals surface area contributed by atoms with Crippen LogP contribution in [0.2, 0.25) is 0 Å². The first-order valence-corrected chi connectivity index (χ1v) is 7.27. The maximum Gasteiger partial charge on any atom is 0.318 e. The lowest BCUT2D eigenvalue weighted by Gasteiger charge is -2.08. The highest BCUT2D eigenvalue weighted by Gasteiger charge is 2.13. The van der Waals surface area contributed by atoms with Gasteiger partial charge in [-0.3, -0.25) is 19.1 Å². The summed E-state index contributed by atoms with van der Waals surface area (Å²) in [4.78, 5) is 34.9. The van der Waals surface area contributed by atoms with Gasteiger partial charge in [0.1, 0.15) is 15.5 Å². The fourth-order valence-corrected chi connectivity index (χ4v) is 3.45. The van der Waals surface area contributed by atoms with Crippen molar-refractivity contribution < 1.29 is 14.0 Å². The molecule has 7 heteroatoms. The van der Waals surface area contributed by atoms with Crippen LogP contribution in [0.1, 0.15) is 0 Å². The first-order chi connectivity index (χ1) is 10.1. The van der Waals surface area contributed by atoms with E-state index in [-0.39, 0.29) is 5.43 Å². The smallest absolute Gasteiger partial charge is 0.318 e. The molecule has 1 atom stereocenters. The third-order valence-electron chi connectivity index (χ3n) is 2.89. The van der Waals surface area contributed by atoms with Crippen molar-refractivity contribution in [1.82, 2.24) is 4.72 Å². The summed E-state index contributed by atoms with van der Waals surface area (Å²) >= 11 is 0. The standard InChI is InChI=1S/C14H10N2O4S/c15-13(18)14(19)16-21-7-3-6-10-12(21)11(17)8-4-1-2-5-9(8)20-10/h1-7H,(H2,15,18)(H,16,19). The summed E-state index contributed by atoms with van der Waals surface area (Å²) in [6.45, 7) is 0. The lowest BCUT2D eigenvalue weighted by atomic mass is 10.2. The van der Waals surface area contributed by atoms with E-state index in [1.165, 1.54) is 0 Å². The van der Waals surface area contributed by atoms with Gasteiger partial charge in [0.25, 0.3) is 0 Å². The van der Waals surface area contributed by atoms with E-state index < -0.39 is 22.5 Å². The minimum atomic E-state index is -1.10. The molecule has 2 amide bonds. The van der Waals surface area contributed by atoms with Crippen molar-refractivity contribution in [2.45, 2.75) is 0 Å². The number of carbonyl (C=O) groups excluding carboxylic acids is 2. The molecule has 0 bridgehead atoms. The molecular formula is C14H10N2O4S. The SMILES string of the molecule is NC(=O)C(=O)NS1=c2c(oc3ccccc3c2=O)=CC=C1. The Hall–Kier alpha value is -2.67. The van der Waals surface area contributed by atoms with Crippen molar-refractivity contribution >= 4 is 39.5 Å². The Morgan fingerprint density at radius 1 is 1.24 bits per heavy atom. The number of amides is 2. The van der Waals surface area contributed by atoms with Gasteiger partial charge in [-0.25, -0.2) is 0 Å². The monoisotopic (exact) mass is 302 g/mol. The maximum absolute atomic E-state index is 12.6. The van der Waals surface area contributed by atoms with E-state index in [2.05, 4.69) is 4.72 Å². The van der Waals surface area contributed by atoms with Crippen LogP contribution in [0.3, 0.4) is 0 Å². The van der Waals surface area contributed by atoms with Crippen LogP contribution in [0.5, 0.6) is 0 Å². The topological polar surface area (TPSA) is 102 Å². The van der Waals surface area contributed by atoms with Gasteiger partial charge in [0.2, 0.25) is 5.43 Å². The van der Waals surface area contributed by atoms with Gasteiger partial charge in [0, 0.05) is 0 Å². The van der Waals surface area contributed by atoms with Gasteiger partial charge in [0.15, 0.2) is 0 Å². The first-order valence-electron chi connectivity index (χ1n) is 5.99. The van der Waals surface area contributed by atoms with Gasteiger partial charge >= 0.3 is 11.8 Å². The Bertz CT molecular complexity index is 988. The predicted octanol–water partition coefficient (Wildman–Crippen LogP) is 0.137. The third-order valence-corrected chi connectivity index (χ3v) is 4.55. The molecule has 1 unspecified atom stereocenters. The molecule has 1 aromatic carbocycles. The Morgan fingerprint density at radius 2 is 2.00 bits per heavy atom. The number of nitrogens with one attached hydrogen (secondary N) is 1. The summed E-state index contributed by atoms with van der Waals surface area (Å²) in [6, 6.07) is 6.85. The number of hydrogen-bond donors (Lipinski definition) is 2. The Balaban J connectivity index is 2.36. The van der Waals surface area contributed by atoms with Crippen molar-refractivity contribution in [1.29, 1.82) is 0 Å². The zero-order valence-electron chi connectivity index (χ0n) is 10.7. The fourth-order valence-electron chi connectivity index (χ4n) is 1.97. The molecule has 0 saturated heterocycles. The van der Waals surface area contributed by atoms with Gasteiger partial charge < -0.3 is 10.2 Å². The molecule has 21 heavy (non-hydrogen) atoms. The number of nitrogens with two attached hydrogens (primary N) is 1. The van der Waals surface area contributed by atoms with Gasteiger partial charge in [-0.05, 0) is 23.6 Å². The van der Waals surface area contributed by atoms with E-state index in [0.717, 1.165) is 0 Å². The predicted molar refractivity (Wildman–Crippen MR) is 79.5 cm³/mol. The Morgan fingerprint density at radius 3 is 2.76 bits per heavy atom. The normalized spacial score (nSPS) is 16.1. The first kappa shape index (κ1) is 13.3. The van der Waals surface area contributed by atoms with Crippen LogP contribution in [-0.4, -0.2) is 11.8 Å². The molecule has 0 spiro atoms. The van der Waals surface area contributed by atoms with Crippen molar-refractivity contribution in [2.24, 2.45) is 5.73 Å². The number of benzene rings is 1. The van der Waals surface area contributed by atoms with Crippen LogP contribution in [0.25, 0.3) is 17.0 Å². The number of allylic oxidation sites excluding steroid dienone is 1. The molecule has 6 nitrogen and oxygen atoms in total. The number of rotatable bonds is 1. The van der Waals surface area contributed by atoms with Crippen molar-refractivity contribution in [3.63, 3.8) is 0 Å². The molecule has 0 aliphatic carbocycles. The molecule has 0 saturated carbocycles. The van der Waals surface area contributed by atoms with E-state index in [1.807, 2.05) is 0 Å². The van der Waals surface area contributed by atoms with Crippen LogP contribution < -0.4 is 21.3 Å². The average molecular weight is 302 g/mol. The van der Waals surface area contributed by atoms with Gasteiger partial charge in [-0.2, -0.15) is 0 Å². The number of primary amides is 1. The summed E-state index contributed by atoms with van der Waals surface area (Å²) < 4.78 is 8.41. The highest BCUT2D eigenvalue weighted by atomic mass is 32.2. The number of para-hydroxylation sites is 1. The second-order valence-corrected chi connectivity index (χ2v) is 5.81. The average Bonchev–Trinajstić information content (AvgIpc) is 2.47. The lowest BCUT2D eigenvalue weighted by Crippen LogP contribution is -2.33. The van der Waals surface area contributed by atoms with E-state index in [9.17, 15) is 14.4 Å². The highest BCUT2D eigenvalue weighted by Crippen LogP contribution is 2.16. The van der Waals surface area contributed by atoms with Crippen LogP contribution in [-0.2, 0) is 9.59 Å². The molecule has 106 valence electrons. The summed E-state index contributed by atoms with van der Waals surface area (Å²) in [5.74, 6) is -2.04. The zero-order valence-corrected chi connectivity index (χ0v) is 11.5. The number of fused-ring (bicyclic) bond motifs is 2. The minimum absolute atomic E-state index is 0.236. The maximum atomic E-state index is 12.6. The quantitative estimate of drug-likeness (QED) is 0.577. The summed E-state index contributed by atoms with van der Waals surface area (Å²) in [5, 5.41) is 2.04. The van der Waals surface area contributed by atoms with Crippen molar-refractivity contribution in [3.8, 4) is 0 Å². The molecule has 2 aromatic rings. The molecule has 1 aromatic heterocycles. The zero-order chi connectivity index (χ0) is 15.0. The number of carbonyl (C=O) groups is 2. The van der Waals surface area contributed by atoms with Crippen LogP contribution in [0, 0.1) is 4.51 Å². The second kappa shape index (κ2) is 5.02. The largest absolute Gasteiger partial charge is 0.455 e. The van der Waals surface area contributed by atoms with E-state index >= 15 is 0 Å². The third kappa shape index (κ3) is 2.27. The van der Waals surface area contributed by atoms with Crippen molar-refractivity contribution in [2.75, 3.05) is 0 Å². The summed E-state index contributed by atoms with van der Waals surface area (Å²) in [5.41, 5.74) is 5.53. The van der Waals surface area contributed by atoms with Gasteiger partial charge in [0.05, 0.1) is 5.39 Å². The van der Waals surface area contributed by atoms with Crippen LogP contribution in [0.4, 0.5) is 0 Å². The Kier molecular flexibility index (Phi) is 3.19. The Labute approximate surface area is 120 Å². The minimum Gasteiger partial charge on any atom is -0.455 e.